The minimum absolute atomic E-state index is 0. The summed E-state index contributed by atoms with van der Waals surface area (Å²) >= 11 is 0. The van der Waals surface area contributed by atoms with Crippen molar-refractivity contribution in [2.45, 2.75) is 51.9 Å². The Morgan fingerprint density at radius 1 is 1.04 bits per heavy atom. The van der Waals surface area contributed by atoms with Crippen molar-refractivity contribution in [2.75, 3.05) is 0 Å². The van der Waals surface area contributed by atoms with Crippen LogP contribution in [0.2, 0.25) is 0 Å². The molecule has 0 radical (unpaired) electrons. The number of primary amides is 1. The lowest BCUT2D eigenvalue weighted by molar-refractivity contribution is 0.0974. The first-order valence-corrected chi connectivity index (χ1v) is 8.48. The highest BCUT2D eigenvalue weighted by molar-refractivity contribution is 5.90. The molecule has 1 aliphatic carbocycles. The Morgan fingerprint density at radius 3 is 2.08 bits per heavy atom. The third-order valence-electron chi connectivity index (χ3n) is 3.80. The van der Waals surface area contributed by atoms with Crippen LogP contribution in [0.15, 0.2) is 52.1 Å². The molecule has 1 heterocycles. The molecule has 138 valence electrons. The predicted octanol–water partition coefficient (Wildman–Crippen LogP) is 4.71. The van der Waals surface area contributed by atoms with Crippen molar-refractivity contribution in [3.63, 3.8) is 0 Å². The Labute approximate surface area is 148 Å². The normalized spacial score (nSPS) is 13.2. The number of furan rings is 1. The lowest BCUT2D eigenvalue weighted by Crippen LogP contribution is -2.08. The molecule has 4 N–H and O–H groups in total. The van der Waals surface area contributed by atoms with E-state index in [-0.39, 0.29) is 17.1 Å². The van der Waals surface area contributed by atoms with E-state index in [4.69, 9.17) is 5.73 Å². The lowest BCUT2D eigenvalue weighted by Gasteiger charge is -2.21. The molecule has 0 unspecified atom stereocenters. The fourth-order valence-electron chi connectivity index (χ4n) is 2.67. The topological polar surface area (TPSA) is 117 Å². The number of hydrogen-bond donors (Lipinski definition) is 1. The summed E-state index contributed by atoms with van der Waals surface area (Å²) in [6.45, 7) is 4.00. The number of carbonyl (C=O) groups excluding carboxylic acids is 1. The van der Waals surface area contributed by atoms with Gasteiger partial charge in [-0.15, -0.1) is 4.91 Å². The molecule has 1 aromatic heterocycles. The molecule has 1 amide bonds. The van der Waals surface area contributed by atoms with Crippen molar-refractivity contribution in [3.05, 3.63) is 58.7 Å². The molecule has 6 heteroatoms. The minimum atomic E-state index is -0.713. The van der Waals surface area contributed by atoms with Crippen LogP contribution in [0, 0.1) is 4.91 Å². The van der Waals surface area contributed by atoms with Crippen LogP contribution in [-0.4, -0.2) is 11.4 Å². The smallest absolute Gasteiger partial charge is 0.284 e. The van der Waals surface area contributed by atoms with Gasteiger partial charge in [0.2, 0.25) is 0 Å². The van der Waals surface area contributed by atoms with E-state index in [0.717, 1.165) is 5.92 Å². The lowest BCUT2D eigenvalue weighted by atomic mass is 9.84. The summed E-state index contributed by atoms with van der Waals surface area (Å²) in [5, 5.41) is 2.45. The summed E-state index contributed by atoms with van der Waals surface area (Å²) in [7, 11) is 0. The molecule has 3 rings (SSSR count). The van der Waals surface area contributed by atoms with Gasteiger partial charge < -0.3 is 15.6 Å². The monoisotopic (exact) mass is 348 g/mol. The maximum atomic E-state index is 10.3. The molecule has 1 aliphatic rings. The highest BCUT2D eigenvalue weighted by Crippen LogP contribution is 2.32. The first kappa shape index (κ1) is 22.5. The van der Waals surface area contributed by atoms with Crippen molar-refractivity contribution in [1.82, 2.24) is 0 Å². The Bertz CT molecular complexity index is 605. The van der Waals surface area contributed by atoms with Gasteiger partial charge in [0.1, 0.15) is 0 Å². The highest BCUT2D eigenvalue weighted by atomic mass is 16.4. The van der Waals surface area contributed by atoms with Gasteiger partial charge in [0.25, 0.3) is 11.8 Å². The second-order valence-electron chi connectivity index (χ2n) is 5.34. The maximum absolute atomic E-state index is 10.3. The Kier molecular flexibility index (Phi) is 11.6. The Morgan fingerprint density at radius 2 is 1.64 bits per heavy atom. The fourth-order valence-corrected chi connectivity index (χ4v) is 2.67. The molecule has 0 atom stereocenters. The van der Waals surface area contributed by atoms with E-state index in [9.17, 15) is 9.70 Å². The number of nitrogens with two attached hydrogens (primary N) is 1. The molecular weight excluding hydrogens is 320 g/mol. The molecule has 1 saturated carbocycles. The highest BCUT2D eigenvalue weighted by Gasteiger charge is 2.14. The largest absolute Gasteiger partial charge is 0.430 e. The van der Waals surface area contributed by atoms with Gasteiger partial charge in [0.15, 0.2) is 5.76 Å². The fraction of sp³-hybridized carbons (Fsp3) is 0.421. The average molecular weight is 348 g/mol. The number of hydrogen-bond acceptors (Lipinski definition) is 4. The second kappa shape index (κ2) is 12.9. The van der Waals surface area contributed by atoms with E-state index < -0.39 is 5.91 Å². The standard InChI is InChI=1S/C12H16.C5H4N2O3.C2H6.H2O/c1-3-7-11(8-4-1)12-9-5-2-6-10-12;6-5(8)3-1-2-4(7-9)10-3;1-2;/h1,3-4,7-8,12H,2,5-6,9-10H2;1-2H,(H2,6,8);1-2H3;1H2. The van der Waals surface area contributed by atoms with Crippen LogP contribution in [0.25, 0.3) is 0 Å². The van der Waals surface area contributed by atoms with Crippen LogP contribution in [-0.2, 0) is 0 Å². The average Bonchev–Trinajstić information content (AvgIpc) is 3.15. The van der Waals surface area contributed by atoms with Gasteiger partial charge >= 0.3 is 0 Å². The van der Waals surface area contributed by atoms with E-state index in [1.165, 1.54) is 44.2 Å². The SMILES string of the molecule is CC.NC(=O)c1ccc(N=O)o1.O.c1ccc(C2CCCCC2)cc1. The predicted molar refractivity (Wildman–Crippen MR) is 99.9 cm³/mol. The zero-order valence-corrected chi connectivity index (χ0v) is 14.9. The van der Waals surface area contributed by atoms with Crippen molar-refractivity contribution < 1.29 is 14.7 Å². The van der Waals surface area contributed by atoms with Gasteiger partial charge in [0, 0.05) is 11.2 Å². The third kappa shape index (κ3) is 7.76. The van der Waals surface area contributed by atoms with E-state index in [2.05, 4.69) is 39.9 Å². The summed E-state index contributed by atoms with van der Waals surface area (Å²) in [6.07, 6.45) is 7.12. The Balaban J connectivity index is 0.000000410. The van der Waals surface area contributed by atoms with Gasteiger partial charge in [-0.2, -0.15) is 0 Å². The van der Waals surface area contributed by atoms with Crippen molar-refractivity contribution in [3.8, 4) is 0 Å². The molecule has 6 nitrogen and oxygen atoms in total. The molecule has 0 aliphatic heterocycles. The summed E-state index contributed by atoms with van der Waals surface area (Å²) in [4.78, 5) is 20.1. The maximum Gasteiger partial charge on any atom is 0.284 e. The van der Waals surface area contributed by atoms with E-state index in [1.807, 2.05) is 13.8 Å². The molecule has 25 heavy (non-hydrogen) atoms. The van der Waals surface area contributed by atoms with E-state index in [0.29, 0.717) is 0 Å². The zero-order chi connectivity index (χ0) is 17.8. The number of carbonyl (C=O) groups is 1. The minimum Gasteiger partial charge on any atom is -0.430 e. The van der Waals surface area contributed by atoms with Crippen LogP contribution in [0.4, 0.5) is 5.88 Å². The van der Waals surface area contributed by atoms with Crippen LogP contribution in [0.1, 0.15) is 68.0 Å². The van der Waals surface area contributed by atoms with Crippen molar-refractivity contribution >= 4 is 11.8 Å². The number of rotatable bonds is 3. The zero-order valence-electron chi connectivity index (χ0n) is 14.9. The molecular formula is C19H28N2O4. The van der Waals surface area contributed by atoms with Gasteiger partial charge in [-0.3, -0.25) is 4.79 Å². The summed E-state index contributed by atoms with van der Waals surface area (Å²) in [5.41, 5.74) is 6.36. The quantitative estimate of drug-likeness (QED) is 0.809. The summed E-state index contributed by atoms with van der Waals surface area (Å²) in [5.74, 6) is -0.0572. The number of amides is 1. The number of nitroso groups, excluding NO2 is 1. The summed E-state index contributed by atoms with van der Waals surface area (Å²) < 4.78 is 4.54. The summed E-state index contributed by atoms with van der Waals surface area (Å²) in [6, 6.07) is 13.5. The van der Waals surface area contributed by atoms with Gasteiger partial charge in [-0.25, -0.2) is 0 Å². The molecule has 0 bridgehead atoms. The van der Waals surface area contributed by atoms with Crippen molar-refractivity contribution in [1.29, 1.82) is 0 Å². The molecule has 0 spiro atoms. The molecule has 2 aromatic rings. The van der Waals surface area contributed by atoms with Crippen LogP contribution < -0.4 is 5.73 Å². The first-order chi connectivity index (χ1) is 11.7. The van der Waals surface area contributed by atoms with Gasteiger partial charge in [0.05, 0.1) is 0 Å². The molecule has 1 fully saturated rings. The van der Waals surface area contributed by atoms with Crippen molar-refractivity contribution in [2.24, 2.45) is 10.9 Å². The van der Waals surface area contributed by atoms with Gasteiger partial charge in [-0.1, -0.05) is 63.4 Å². The molecule has 0 saturated heterocycles. The molecule has 1 aromatic carbocycles. The van der Waals surface area contributed by atoms with Crippen LogP contribution in [0.3, 0.4) is 0 Å². The van der Waals surface area contributed by atoms with Gasteiger partial charge in [-0.05, 0) is 30.4 Å². The number of nitrogens with zero attached hydrogens (tertiary/aromatic N) is 1. The van der Waals surface area contributed by atoms with Crippen LogP contribution >= 0.6 is 0 Å². The number of benzene rings is 1. The van der Waals surface area contributed by atoms with Crippen LogP contribution in [0.5, 0.6) is 0 Å². The third-order valence-corrected chi connectivity index (χ3v) is 3.80. The van der Waals surface area contributed by atoms with E-state index in [1.54, 1.807) is 5.56 Å². The van der Waals surface area contributed by atoms with E-state index >= 15 is 0 Å². The first-order valence-electron chi connectivity index (χ1n) is 8.48. The second-order valence-corrected chi connectivity index (χ2v) is 5.34. The Hall–Kier alpha value is -2.47.